The van der Waals surface area contributed by atoms with Crippen molar-refractivity contribution in [3.05, 3.63) is 28.7 Å². The molecular formula is C22H29BrN4O3. The lowest BCUT2D eigenvalue weighted by Gasteiger charge is -2.35. The molecule has 2 aliphatic heterocycles. The fraction of sp³-hybridized carbons (Fsp3) is 0.591. The van der Waals surface area contributed by atoms with E-state index in [0.717, 1.165) is 48.1 Å². The van der Waals surface area contributed by atoms with Crippen LogP contribution in [0, 0.1) is 5.92 Å². The number of nitrogens with zero attached hydrogens (tertiary/aromatic N) is 3. The number of benzene rings is 1. The molecule has 1 aromatic rings. The molecule has 3 aliphatic rings. The molecule has 1 N–H and O–H groups in total. The van der Waals surface area contributed by atoms with Crippen LogP contribution in [0.4, 0.5) is 10.5 Å². The number of hydrogen-bond donors (Lipinski definition) is 1. The van der Waals surface area contributed by atoms with Crippen molar-refractivity contribution in [3.63, 3.8) is 0 Å². The van der Waals surface area contributed by atoms with Crippen LogP contribution in [0.2, 0.25) is 0 Å². The van der Waals surface area contributed by atoms with Gasteiger partial charge < -0.3 is 15.1 Å². The number of amides is 4. The van der Waals surface area contributed by atoms with Crippen LogP contribution >= 0.6 is 15.9 Å². The normalized spacial score (nSPS) is 23.5. The van der Waals surface area contributed by atoms with Crippen LogP contribution in [-0.2, 0) is 9.59 Å². The van der Waals surface area contributed by atoms with Crippen molar-refractivity contribution in [2.45, 2.75) is 44.1 Å². The van der Waals surface area contributed by atoms with Gasteiger partial charge in [-0.15, -0.1) is 0 Å². The van der Waals surface area contributed by atoms with Gasteiger partial charge in [-0.25, -0.2) is 4.79 Å². The SMILES string of the molecule is CN1C(=O)N(CC(=O)NCC2CCN(c3cccc(Br)c3)C2)C(=O)C12CCCCC2. The minimum atomic E-state index is -0.731. The number of carbonyl (C=O) groups is 3. The van der Waals surface area contributed by atoms with Crippen molar-refractivity contribution in [1.29, 1.82) is 0 Å². The second-order valence-corrected chi connectivity index (χ2v) is 9.63. The van der Waals surface area contributed by atoms with Gasteiger partial charge in [0.2, 0.25) is 5.91 Å². The molecule has 1 unspecified atom stereocenters. The molecule has 1 spiro atoms. The smallest absolute Gasteiger partial charge is 0.327 e. The molecule has 8 heteroatoms. The Morgan fingerprint density at radius 2 is 2.00 bits per heavy atom. The number of imide groups is 1. The molecule has 3 fully saturated rings. The molecule has 162 valence electrons. The number of hydrogen-bond acceptors (Lipinski definition) is 4. The highest BCUT2D eigenvalue weighted by atomic mass is 79.9. The molecule has 1 atom stereocenters. The summed E-state index contributed by atoms with van der Waals surface area (Å²) in [6, 6.07) is 7.87. The van der Waals surface area contributed by atoms with E-state index in [4.69, 9.17) is 0 Å². The lowest BCUT2D eigenvalue weighted by Crippen LogP contribution is -2.49. The second kappa shape index (κ2) is 8.57. The number of carbonyl (C=O) groups excluding carboxylic acids is 3. The fourth-order valence-electron chi connectivity index (χ4n) is 5.04. The summed E-state index contributed by atoms with van der Waals surface area (Å²) in [7, 11) is 1.69. The Bertz CT molecular complexity index is 839. The van der Waals surface area contributed by atoms with E-state index in [9.17, 15) is 14.4 Å². The summed E-state index contributed by atoms with van der Waals surface area (Å²) < 4.78 is 1.05. The van der Waals surface area contributed by atoms with E-state index >= 15 is 0 Å². The molecule has 7 nitrogen and oxygen atoms in total. The second-order valence-electron chi connectivity index (χ2n) is 8.71. The molecule has 30 heavy (non-hydrogen) atoms. The number of urea groups is 1. The van der Waals surface area contributed by atoms with Crippen LogP contribution in [0.15, 0.2) is 28.7 Å². The number of likely N-dealkylation sites (N-methyl/N-ethyl adjacent to an activating group) is 1. The molecule has 1 aliphatic carbocycles. The lowest BCUT2D eigenvalue weighted by atomic mass is 9.81. The van der Waals surface area contributed by atoms with Gasteiger partial charge in [-0.1, -0.05) is 41.3 Å². The van der Waals surface area contributed by atoms with E-state index in [-0.39, 0.29) is 24.4 Å². The van der Waals surface area contributed by atoms with Gasteiger partial charge in [0, 0.05) is 36.8 Å². The molecule has 0 aromatic heterocycles. The van der Waals surface area contributed by atoms with Gasteiger partial charge in [-0.3, -0.25) is 14.5 Å². The van der Waals surface area contributed by atoms with Crippen LogP contribution in [0.1, 0.15) is 38.5 Å². The van der Waals surface area contributed by atoms with Crippen LogP contribution in [0.3, 0.4) is 0 Å². The average molecular weight is 477 g/mol. The Morgan fingerprint density at radius 1 is 1.23 bits per heavy atom. The predicted molar refractivity (Wildman–Crippen MR) is 118 cm³/mol. The zero-order chi connectivity index (χ0) is 21.3. The van der Waals surface area contributed by atoms with Crippen molar-refractivity contribution < 1.29 is 14.4 Å². The largest absolute Gasteiger partial charge is 0.371 e. The van der Waals surface area contributed by atoms with Crippen molar-refractivity contribution >= 4 is 39.5 Å². The molecule has 2 saturated heterocycles. The Kier molecular flexibility index (Phi) is 6.04. The van der Waals surface area contributed by atoms with Gasteiger partial charge in [0.15, 0.2) is 0 Å². The summed E-state index contributed by atoms with van der Waals surface area (Å²) >= 11 is 3.51. The van der Waals surface area contributed by atoms with Crippen LogP contribution in [0.25, 0.3) is 0 Å². The van der Waals surface area contributed by atoms with Crippen molar-refractivity contribution in [3.8, 4) is 0 Å². The number of nitrogens with one attached hydrogen (secondary N) is 1. The predicted octanol–water partition coefficient (Wildman–Crippen LogP) is 2.99. The number of rotatable bonds is 5. The van der Waals surface area contributed by atoms with E-state index in [1.165, 1.54) is 5.69 Å². The van der Waals surface area contributed by atoms with Crippen LogP contribution < -0.4 is 10.2 Å². The van der Waals surface area contributed by atoms with Crippen LogP contribution in [-0.4, -0.2) is 66.4 Å². The van der Waals surface area contributed by atoms with Gasteiger partial charge in [0.1, 0.15) is 12.1 Å². The van der Waals surface area contributed by atoms with Gasteiger partial charge in [0.05, 0.1) is 0 Å². The van der Waals surface area contributed by atoms with E-state index in [1.807, 2.05) is 12.1 Å². The number of halogens is 1. The van der Waals surface area contributed by atoms with Crippen molar-refractivity contribution in [1.82, 2.24) is 15.1 Å². The van der Waals surface area contributed by atoms with Gasteiger partial charge in [-0.05, 0) is 43.4 Å². The summed E-state index contributed by atoms with van der Waals surface area (Å²) in [5, 5.41) is 2.94. The molecular weight excluding hydrogens is 448 g/mol. The third kappa shape index (κ3) is 3.94. The topological polar surface area (TPSA) is 73.0 Å². The Labute approximate surface area is 185 Å². The maximum absolute atomic E-state index is 13.0. The third-order valence-electron chi connectivity index (χ3n) is 6.83. The highest BCUT2D eigenvalue weighted by molar-refractivity contribution is 9.10. The first-order valence-corrected chi connectivity index (χ1v) is 11.6. The van der Waals surface area contributed by atoms with Gasteiger partial charge in [-0.2, -0.15) is 0 Å². The first-order chi connectivity index (χ1) is 14.4. The minimum Gasteiger partial charge on any atom is -0.371 e. The first kappa shape index (κ1) is 21.2. The summed E-state index contributed by atoms with van der Waals surface area (Å²) in [4.78, 5) is 43.2. The van der Waals surface area contributed by atoms with Gasteiger partial charge in [0.25, 0.3) is 5.91 Å². The standard InChI is InChI=1S/C22H29BrN4O3/c1-25-21(30)27(20(29)22(25)9-3-2-4-10-22)15-19(28)24-13-16-8-11-26(14-16)18-7-5-6-17(23)12-18/h5-7,12,16H,2-4,8-11,13-15H2,1H3,(H,24,28). The molecule has 4 rings (SSSR count). The zero-order valence-corrected chi connectivity index (χ0v) is 19.0. The number of anilines is 1. The molecule has 0 bridgehead atoms. The Balaban J connectivity index is 1.29. The van der Waals surface area contributed by atoms with E-state index in [1.54, 1.807) is 11.9 Å². The lowest BCUT2D eigenvalue weighted by molar-refractivity contribution is -0.137. The molecule has 1 aromatic carbocycles. The summed E-state index contributed by atoms with van der Waals surface area (Å²) in [5.74, 6) is -0.115. The maximum atomic E-state index is 13.0. The molecule has 1 saturated carbocycles. The van der Waals surface area contributed by atoms with Crippen molar-refractivity contribution in [2.75, 3.05) is 38.1 Å². The molecule has 4 amide bonds. The summed E-state index contributed by atoms with van der Waals surface area (Å²) in [6.45, 7) is 2.20. The summed E-state index contributed by atoms with van der Waals surface area (Å²) in [6.07, 6.45) is 5.37. The first-order valence-electron chi connectivity index (χ1n) is 10.8. The quantitative estimate of drug-likeness (QED) is 0.662. The average Bonchev–Trinajstić information content (AvgIpc) is 3.29. The fourth-order valence-corrected chi connectivity index (χ4v) is 5.42. The Morgan fingerprint density at radius 3 is 2.73 bits per heavy atom. The zero-order valence-electron chi connectivity index (χ0n) is 17.4. The van der Waals surface area contributed by atoms with Gasteiger partial charge >= 0.3 is 6.03 Å². The van der Waals surface area contributed by atoms with E-state index in [2.05, 4.69) is 38.3 Å². The molecule has 0 radical (unpaired) electrons. The van der Waals surface area contributed by atoms with Crippen LogP contribution in [0.5, 0.6) is 0 Å². The van der Waals surface area contributed by atoms with Crippen molar-refractivity contribution in [2.24, 2.45) is 5.92 Å². The minimum absolute atomic E-state index is 0.189. The Hall–Kier alpha value is -2.09. The third-order valence-corrected chi connectivity index (χ3v) is 7.33. The maximum Gasteiger partial charge on any atom is 0.327 e. The van der Waals surface area contributed by atoms with E-state index < -0.39 is 5.54 Å². The molecule has 2 heterocycles. The van der Waals surface area contributed by atoms with E-state index in [0.29, 0.717) is 25.3 Å². The highest BCUT2D eigenvalue weighted by Gasteiger charge is 2.55. The monoisotopic (exact) mass is 476 g/mol. The highest BCUT2D eigenvalue weighted by Crippen LogP contribution is 2.39. The summed E-state index contributed by atoms with van der Waals surface area (Å²) in [5.41, 5.74) is 0.443.